The fraction of sp³-hybridized carbons (Fsp3) is 0.571. The van der Waals surface area contributed by atoms with Gasteiger partial charge < -0.3 is 10.2 Å². The van der Waals surface area contributed by atoms with E-state index in [4.69, 9.17) is 0 Å². The summed E-state index contributed by atoms with van der Waals surface area (Å²) in [7, 11) is 0. The van der Waals surface area contributed by atoms with Crippen LogP contribution in [0.15, 0.2) is 22.7 Å². The largest absolute Gasteiger partial charge is 0.312 e. The molecule has 0 bridgehead atoms. The van der Waals surface area contributed by atoms with Gasteiger partial charge in [0.25, 0.3) is 5.69 Å². The van der Waals surface area contributed by atoms with E-state index in [1.54, 1.807) is 12.1 Å². The molecule has 0 unspecified atom stereocenters. The van der Waals surface area contributed by atoms with E-state index in [0.717, 1.165) is 29.5 Å². The van der Waals surface area contributed by atoms with Gasteiger partial charge in [0.1, 0.15) is 0 Å². The molecule has 1 saturated heterocycles. The molecule has 0 radical (unpaired) electrons. The Hall–Kier alpha value is -0.980. The first-order valence-electron chi connectivity index (χ1n) is 7.03. The Morgan fingerprint density at radius 1 is 1.35 bits per heavy atom. The Kier molecular flexibility index (Phi) is 5.94. The Morgan fingerprint density at radius 3 is 2.80 bits per heavy atom. The fourth-order valence-corrected chi connectivity index (χ4v) is 2.94. The third-order valence-corrected chi connectivity index (χ3v) is 4.07. The molecule has 5 nitrogen and oxygen atoms in total. The second-order valence-corrected chi connectivity index (χ2v) is 6.02. The summed E-state index contributed by atoms with van der Waals surface area (Å²) in [5.41, 5.74) is 0.908. The van der Waals surface area contributed by atoms with Crippen LogP contribution in [0, 0.1) is 10.1 Å². The molecule has 1 aromatic rings. The summed E-state index contributed by atoms with van der Waals surface area (Å²) in [6.45, 7) is 4.98. The Bertz CT molecular complexity index is 462. The maximum Gasteiger partial charge on any atom is 0.273 e. The topological polar surface area (TPSA) is 58.4 Å². The average molecular weight is 342 g/mol. The summed E-state index contributed by atoms with van der Waals surface area (Å²) >= 11 is 3.36. The van der Waals surface area contributed by atoms with Crippen molar-refractivity contribution in [2.45, 2.75) is 25.8 Å². The maximum atomic E-state index is 11.0. The number of likely N-dealkylation sites (tertiary alicyclic amines) is 1. The summed E-state index contributed by atoms with van der Waals surface area (Å²) in [6, 6.07) is 5.06. The number of nitrogens with zero attached hydrogens (tertiary/aromatic N) is 2. The third kappa shape index (κ3) is 4.54. The molecule has 1 aliphatic heterocycles. The summed E-state index contributed by atoms with van der Waals surface area (Å²) in [6.07, 6.45) is 3.72. The lowest BCUT2D eigenvalue weighted by Crippen LogP contribution is -2.24. The van der Waals surface area contributed by atoms with Crippen molar-refractivity contribution < 1.29 is 4.92 Å². The first-order chi connectivity index (χ1) is 9.66. The molecule has 0 saturated carbocycles. The van der Waals surface area contributed by atoms with Crippen LogP contribution in [0.25, 0.3) is 0 Å². The Labute approximate surface area is 127 Å². The van der Waals surface area contributed by atoms with Crippen LogP contribution in [0.1, 0.15) is 24.8 Å². The lowest BCUT2D eigenvalue weighted by atomic mass is 10.2. The molecule has 1 aromatic carbocycles. The van der Waals surface area contributed by atoms with Crippen LogP contribution in [-0.2, 0) is 6.54 Å². The highest BCUT2D eigenvalue weighted by Crippen LogP contribution is 2.22. The van der Waals surface area contributed by atoms with E-state index < -0.39 is 0 Å². The van der Waals surface area contributed by atoms with Gasteiger partial charge in [0.15, 0.2) is 0 Å². The van der Waals surface area contributed by atoms with Crippen molar-refractivity contribution in [1.82, 2.24) is 10.2 Å². The lowest BCUT2D eigenvalue weighted by Gasteiger charge is -2.14. The van der Waals surface area contributed by atoms with Crippen molar-refractivity contribution in [3.63, 3.8) is 0 Å². The van der Waals surface area contributed by atoms with Gasteiger partial charge in [0.05, 0.1) is 4.92 Å². The van der Waals surface area contributed by atoms with Crippen molar-refractivity contribution in [3.8, 4) is 0 Å². The van der Waals surface area contributed by atoms with Gasteiger partial charge >= 0.3 is 0 Å². The van der Waals surface area contributed by atoms with Crippen molar-refractivity contribution in [2.24, 2.45) is 0 Å². The average Bonchev–Trinajstić information content (AvgIpc) is 2.91. The van der Waals surface area contributed by atoms with Crippen LogP contribution < -0.4 is 5.32 Å². The Balaban J connectivity index is 1.75. The zero-order chi connectivity index (χ0) is 14.4. The predicted octanol–water partition coefficient (Wildman–Crippen LogP) is 2.93. The number of rotatable bonds is 7. The van der Waals surface area contributed by atoms with Gasteiger partial charge in [-0.25, -0.2) is 0 Å². The minimum atomic E-state index is -0.326. The van der Waals surface area contributed by atoms with E-state index in [1.807, 2.05) is 6.07 Å². The second kappa shape index (κ2) is 7.71. The summed E-state index contributed by atoms with van der Waals surface area (Å²) < 4.78 is 0.872. The minimum absolute atomic E-state index is 0.181. The standard InChI is InChI=1S/C14H20BrN3O2/c15-13-4-5-14(18(19)20)12(10-13)11-16-6-3-9-17-7-1-2-8-17/h4-5,10,16H,1-3,6-9,11H2. The van der Waals surface area contributed by atoms with Crippen LogP contribution in [0.4, 0.5) is 5.69 Å². The SMILES string of the molecule is O=[N+]([O-])c1ccc(Br)cc1CNCCCN1CCCC1. The smallest absolute Gasteiger partial charge is 0.273 e. The van der Waals surface area contributed by atoms with Crippen LogP contribution >= 0.6 is 15.9 Å². The molecule has 0 atom stereocenters. The normalized spacial score (nSPS) is 15.7. The van der Waals surface area contributed by atoms with E-state index in [-0.39, 0.29) is 10.6 Å². The van der Waals surface area contributed by atoms with Crippen LogP contribution in [0.5, 0.6) is 0 Å². The predicted molar refractivity (Wildman–Crippen MR) is 82.8 cm³/mol. The van der Waals surface area contributed by atoms with Gasteiger partial charge in [0, 0.05) is 22.6 Å². The van der Waals surface area contributed by atoms with Crippen molar-refractivity contribution in [2.75, 3.05) is 26.2 Å². The molecular weight excluding hydrogens is 322 g/mol. The van der Waals surface area contributed by atoms with Gasteiger partial charge in [-0.3, -0.25) is 10.1 Å². The van der Waals surface area contributed by atoms with Crippen molar-refractivity contribution in [3.05, 3.63) is 38.3 Å². The molecule has 110 valence electrons. The number of hydrogen-bond donors (Lipinski definition) is 1. The van der Waals surface area contributed by atoms with Crippen LogP contribution in [0.3, 0.4) is 0 Å². The molecule has 20 heavy (non-hydrogen) atoms. The van der Waals surface area contributed by atoms with E-state index in [1.165, 1.54) is 25.9 Å². The molecule has 0 aliphatic carbocycles. The summed E-state index contributed by atoms with van der Waals surface area (Å²) in [5, 5.41) is 14.2. The second-order valence-electron chi connectivity index (χ2n) is 5.11. The highest BCUT2D eigenvalue weighted by Gasteiger charge is 2.13. The number of nitro benzene ring substituents is 1. The van der Waals surface area contributed by atoms with Crippen molar-refractivity contribution in [1.29, 1.82) is 0 Å². The van der Waals surface area contributed by atoms with Crippen molar-refractivity contribution >= 4 is 21.6 Å². The molecule has 0 aromatic heterocycles. The van der Waals surface area contributed by atoms with Gasteiger partial charge in [0.2, 0.25) is 0 Å². The van der Waals surface area contributed by atoms with Crippen LogP contribution in [-0.4, -0.2) is 36.0 Å². The Morgan fingerprint density at radius 2 is 2.10 bits per heavy atom. The third-order valence-electron chi connectivity index (χ3n) is 3.58. The number of benzene rings is 1. The lowest BCUT2D eigenvalue weighted by molar-refractivity contribution is -0.385. The van der Waals surface area contributed by atoms with Gasteiger partial charge in [-0.05, 0) is 57.6 Å². The van der Waals surface area contributed by atoms with E-state index >= 15 is 0 Å². The van der Waals surface area contributed by atoms with E-state index in [2.05, 4.69) is 26.1 Å². The number of hydrogen-bond acceptors (Lipinski definition) is 4. The fourth-order valence-electron chi connectivity index (χ4n) is 2.53. The van der Waals surface area contributed by atoms with Gasteiger partial charge in [-0.2, -0.15) is 0 Å². The first kappa shape index (κ1) is 15.4. The quantitative estimate of drug-likeness (QED) is 0.470. The maximum absolute atomic E-state index is 11.0. The highest BCUT2D eigenvalue weighted by molar-refractivity contribution is 9.10. The van der Waals surface area contributed by atoms with E-state index in [0.29, 0.717) is 6.54 Å². The zero-order valence-electron chi connectivity index (χ0n) is 11.5. The molecule has 6 heteroatoms. The number of nitrogens with one attached hydrogen (secondary N) is 1. The molecule has 1 fully saturated rings. The molecule has 1 aliphatic rings. The van der Waals surface area contributed by atoms with Crippen LogP contribution in [0.2, 0.25) is 0 Å². The molecule has 1 N–H and O–H groups in total. The molecule has 0 spiro atoms. The molecule has 1 heterocycles. The number of halogens is 1. The number of nitro groups is 1. The summed E-state index contributed by atoms with van der Waals surface area (Å²) in [4.78, 5) is 13.1. The summed E-state index contributed by atoms with van der Waals surface area (Å²) in [5.74, 6) is 0. The monoisotopic (exact) mass is 341 g/mol. The molecule has 2 rings (SSSR count). The molecular formula is C14H20BrN3O2. The molecule has 0 amide bonds. The minimum Gasteiger partial charge on any atom is -0.312 e. The zero-order valence-corrected chi connectivity index (χ0v) is 13.1. The highest BCUT2D eigenvalue weighted by atomic mass is 79.9. The van der Waals surface area contributed by atoms with Gasteiger partial charge in [-0.15, -0.1) is 0 Å². The first-order valence-corrected chi connectivity index (χ1v) is 7.82. The van der Waals surface area contributed by atoms with E-state index in [9.17, 15) is 10.1 Å². The van der Waals surface area contributed by atoms with Gasteiger partial charge in [-0.1, -0.05) is 15.9 Å².